The van der Waals surface area contributed by atoms with Gasteiger partial charge >= 0.3 is 0 Å². The van der Waals surface area contributed by atoms with Crippen molar-refractivity contribution < 1.29 is 9.53 Å². The van der Waals surface area contributed by atoms with Gasteiger partial charge in [-0.1, -0.05) is 6.92 Å². The average Bonchev–Trinajstić information content (AvgIpc) is 2.87. The molecular formula is C13H21N3O2. The predicted molar refractivity (Wildman–Crippen MR) is 68.4 cm³/mol. The van der Waals surface area contributed by atoms with Crippen LogP contribution in [0.1, 0.15) is 36.5 Å². The quantitative estimate of drug-likeness (QED) is 0.799. The summed E-state index contributed by atoms with van der Waals surface area (Å²) >= 11 is 0. The second-order valence-corrected chi connectivity index (χ2v) is 4.92. The largest absolute Gasteiger partial charge is 0.381 e. The fraction of sp³-hybridized carbons (Fsp3) is 0.692. The number of hydrogen-bond acceptors (Lipinski definition) is 4. The molecule has 0 radical (unpaired) electrons. The van der Waals surface area contributed by atoms with Gasteiger partial charge in [0.05, 0.1) is 17.2 Å². The first kappa shape index (κ1) is 13.2. The molecule has 0 unspecified atom stereocenters. The number of rotatable bonds is 5. The summed E-state index contributed by atoms with van der Waals surface area (Å²) in [6.45, 7) is 4.54. The number of Topliss-reactive ketones (excluding diaryl/α,β-unsaturated/α-hetero) is 1. The molecule has 0 saturated carbocycles. The molecule has 1 saturated heterocycles. The molecule has 0 bridgehead atoms. The lowest BCUT2D eigenvalue weighted by Gasteiger charge is -2.34. The van der Waals surface area contributed by atoms with E-state index in [2.05, 4.69) is 12.0 Å². The average molecular weight is 251 g/mol. The van der Waals surface area contributed by atoms with Gasteiger partial charge in [0.2, 0.25) is 0 Å². The van der Waals surface area contributed by atoms with Crippen molar-refractivity contribution in [3.8, 4) is 0 Å². The first-order valence-corrected chi connectivity index (χ1v) is 6.57. The lowest BCUT2D eigenvalue weighted by Crippen LogP contribution is -2.43. The van der Waals surface area contributed by atoms with Crippen LogP contribution >= 0.6 is 0 Å². The Labute approximate surface area is 107 Å². The number of nitrogens with two attached hydrogens (primary N) is 1. The molecule has 2 N–H and O–H groups in total. The van der Waals surface area contributed by atoms with Gasteiger partial charge in [-0.3, -0.25) is 9.48 Å². The molecule has 0 amide bonds. The van der Waals surface area contributed by atoms with Crippen LogP contribution in [-0.2, 0) is 11.3 Å². The zero-order chi connectivity index (χ0) is 13.0. The summed E-state index contributed by atoms with van der Waals surface area (Å²) < 4.78 is 7.14. The van der Waals surface area contributed by atoms with Crippen molar-refractivity contribution in [2.24, 2.45) is 11.1 Å². The predicted octanol–water partition coefficient (Wildman–Crippen LogP) is 1.23. The molecule has 1 aromatic heterocycles. The number of aryl methyl sites for hydroxylation is 1. The SMILES string of the molecule is CCCn1cc(C(=O)C2(CN)CCOCC2)cn1. The fourth-order valence-corrected chi connectivity index (χ4v) is 2.42. The van der Waals surface area contributed by atoms with Crippen LogP contribution < -0.4 is 5.73 Å². The molecule has 2 heterocycles. The van der Waals surface area contributed by atoms with E-state index in [1.165, 1.54) is 0 Å². The van der Waals surface area contributed by atoms with Gasteiger partial charge in [-0.2, -0.15) is 5.10 Å². The highest BCUT2D eigenvalue weighted by molar-refractivity contribution is 6.00. The first-order valence-electron chi connectivity index (χ1n) is 6.57. The number of carbonyl (C=O) groups excluding carboxylic acids is 1. The van der Waals surface area contributed by atoms with Crippen molar-refractivity contribution in [2.45, 2.75) is 32.7 Å². The zero-order valence-corrected chi connectivity index (χ0v) is 10.9. The maximum Gasteiger partial charge on any atom is 0.173 e. The molecule has 5 heteroatoms. The molecule has 18 heavy (non-hydrogen) atoms. The minimum Gasteiger partial charge on any atom is -0.381 e. The van der Waals surface area contributed by atoms with E-state index >= 15 is 0 Å². The van der Waals surface area contributed by atoms with Crippen LogP contribution in [-0.4, -0.2) is 35.3 Å². The van der Waals surface area contributed by atoms with E-state index in [9.17, 15) is 4.79 Å². The Hall–Kier alpha value is -1.20. The third kappa shape index (κ3) is 2.47. The monoisotopic (exact) mass is 251 g/mol. The van der Waals surface area contributed by atoms with Crippen LogP contribution in [0, 0.1) is 5.41 Å². The lowest BCUT2D eigenvalue weighted by molar-refractivity contribution is 0.0200. The van der Waals surface area contributed by atoms with Gasteiger partial charge in [0.15, 0.2) is 5.78 Å². The number of aromatic nitrogens is 2. The molecule has 1 aliphatic rings. The van der Waals surface area contributed by atoms with E-state index < -0.39 is 5.41 Å². The van der Waals surface area contributed by atoms with Gasteiger partial charge in [0.25, 0.3) is 0 Å². The molecule has 100 valence electrons. The molecule has 5 nitrogen and oxygen atoms in total. The highest BCUT2D eigenvalue weighted by Gasteiger charge is 2.39. The number of ketones is 1. The smallest absolute Gasteiger partial charge is 0.173 e. The first-order chi connectivity index (χ1) is 8.72. The molecule has 0 aliphatic carbocycles. The summed E-state index contributed by atoms with van der Waals surface area (Å²) in [5.41, 5.74) is 6.07. The molecule has 0 aromatic carbocycles. The molecule has 1 aromatic rings. The Morgan fingerprint density at radius 3 is 2.89 bits per heavy atom. The normalized spacial score (nSPS) is 18.8. The van der Waals surface area contributed by atoms with Gasteiger partial charge in [0, 0.05) is 32.5 Å². The second kappa shape index (κ2) is 5.63. The highest BCUT2D eigenvalue weighted by Crippen LogP contribution is 2.33. The van der Waals surface area contributed by atoms with E-state index in [0.29, 0.717) is 38.2 Å². The van der Waals surface area contributed by atoms with Crippen molar-refractivity contribution in [3.05, 3.63) is 18.0 Å². The summed E-state index contributed by atoms with van der Waals surface area (Å²) in [7, 11) is 0. The van der Waals surface area contributed by atoms with E-state index in [1.807, 2.05) is 10.9 Å². The van der Waals surface area contributed by atoms with Crippen molar-refractivity contribution in [3.63, 3.8) is 0 Å². The standard InChI is InChI=1S/C13H21N3O2/c1-2-5-16-9-11(8-15-16)12(17)13(10-14)3-6-18-7-4-13/h8-9H,2-7,10,14H2,1H3. The summed E-state index contributed by atoms with van der Waals surface area (Å²) in [6, 6.07) is 0. The minimum absolute atomic E-state index is 0.121. The molecular weight excluding hydrogens is 230 g/mol. The van der Waals surface area contributed by atoms with E-state index in [4.69, 9.17) is 10.5 Å². The van der Waals surface area contributed by atoms with Gasteiger partial charge in [-0.15, -0.1) is 0 Å². The van der Waals surface area contributed by atoms with E-state index in [1.54, 1.807) is 6.20 Å². The summed E-state index contributed by atoms with van der Waals surface area (Å²) in [4.78, 5) is 12.6. The Bertz CT molecular complexity index is 408. The number of hydrogen-bond donors (Lipinski definition) is 1. The number of nitrogens with zero attached hydrogens (tertiary/aromatic N) is 2. The van der Waals surface area contributed by atoms with Gasteiger partial charge in [-0.05, 0) is 19.3 Å². The highest BCUT2D eigenvalue weighted by atomic mass is 16.5. The van der Waals surface area contributed by atoms with Gasteiger partial charge < -0.3 is 10.5 Å². The molecule has 1 fully saturated rings. The number of ether oxygens (including phenoxy) is 1. The molecule has 2 rings (SSSR count). The van der Waals surface area contributed by atoms with E-state index in [0.717, 1.165) is 13.0 Å². The maximum atomic E-state index is 12.6. The van der Waals surface area contributed by atoms with Crippen molar-refractivity contribution in [2.75, 3.05) is 19.8 Å². The van der Waals surface area contributed by atoms with Crippen LogP contribution in [0.5, 0.6) is 0 Å². The molecule has 0 atom stereocenters. The summed E-state index contributed by atoms with van der Waals surface area (Å²) in [5.74, 6) is 0.121. The second-order valence-electron chi connectivity index (χ2n) is 4.92. The van der Waals surface area contributed by atoms with E-state index in [-0.39, 0.29) is 5.78 Å². The van der Waals surface area contributed by atoms with Gasteiger partial charge in [0.1, 0.15) is 0 Å². The maximum absolute atomic E-state index is 12.6. The Kier molecular flexibility index (Phi) is 4.14. The summed E-state index contributed by atoms with van der Waals surface area (Å²) in [5, 5.41) is 4.21. The zero-order valence-electron chi connectivity index (χ0n) is 10.9. The molecule has 1 aliphatic heterocycles. The summed E-state index contributed by atoms with van der Waals surface area (Å²) in [6.07, 6.45) is 5.91. The van der Waals surface area contributed by atoms with Crippen molar-refractivity contribution in [1.29, 1.82) is 0 Å². The van der Waals surface area contributed by atoms with Crippen LogP contribution in [0.3, 0.4) is 0 Å². The third-order valence-corrected chi connectivity index (χ3v) is 3.67. The minimum atomic E-state index is -0.446. The van der Waals surface area contributed by atoms with Crippen LogP contribution in [0.15, 0.2) is 12.4 Å². The van der Waals surface area contributed by atoms with Crippen LogP contribution in [0.25, 0.3) is 0 Å². The topological polar surface area (TPSA) is 70.1 Å². The van der Waals surface area contributed by atoms with Gasteiger partial charge in [-0.25, -0.2) is 0 Å². The third-order valence-electron chi connectivity index (χ3n) is 3.67. The Balaban J connectivity index is 2.17. The van der Waals surface area contributed by atoms with Crippen molar-refractivity contribution >= 4 is 5.78 Å². The Morgan fingerprint density at radius 2 is 2.28 bits per heavy atom. The number of carbonyl (C=O) groups is 1. The molecule has 0 spiro atoms. The van der Waals surface area contributed by atoms with Crippen LogP contribution in [0.4, 0.5) is 0 Å². The van der Waals surface area contributed by atoms with Crippen LogP contribution in [0.2, 0.25) is 0 Å². The fourth-order valence-electron chi connectivity index (χ4n) is 2.42. The lowest BCUT2D eigenvalue weighted by atomic mass is 9.75. The Morgan fingerprint density at radius 1 is 1.56 bits per heavy atom. The van der Waals surface area contributed by atoms with Crippen molar-refractivity contribution in [1.82, 2.24) is 9.78 Å².